The molecule has 0 aromatic carbocycles. The standard InChI is InChI=1S/C16H24N2O4S2/c19-16(20)9-7-5-3-1-2-4-6-8-12-23-24-15-13-14(18(21)22)10-11-17-15/h10-11,13H,1-9,12H2,(H,19,20). The molecule has 0 bridgehead atoms. The van der Waals surface area contributed by atoms with E-state index in [1.807, 2.05) is 0 Å². The van der Waals surface area contributed by atoms with E-state index in [9.17, 15) is 14.9 Å². The van der Waals surface area contributed by atoms with Crippen LogP contribution in [0.2, 0.25) is 0 Å². The Kier molecular flexibility index (Phi) is 11.3. The Bertz CT molecular complexity index is 515. The van der Waals surface area contributed by atoms with Crippen LogP contribution in [-0.4, -0.2) is 26.7 Å². The zero-order valence-corrected chi connectivity index (χ0v) is 15.3. The summed E-state index contributed by atoms with van der Waals surface area (Å²) >= 11 is 0. The minimum Gasteiger partial charge on any atom is -0.481 e. The van der Waals surface area contributed by atoms with Gasteiger partial charge in [-0.25, -0.2) is 4.98 Å². The molecule has 0 fully saturated rings. The van der Waals surface area contributed by atoms with Crippen LogP contribution in [0.25, 0.3) is 0 Å². The van der Waals surface area contributed by atoms with Crippen molar-refractivity contribution in [3.8, 4) is 0 Å². The number of hydrogen-bond acceptors (Lipinski definition) is 6. The van der Waals surface area contributed by atoms with Gasteiger partial charge in [0.1, 0.15) is 5.03 Å². The van der Waals surface area contributed by atoms with Crippen LogP contribution in [0.4, 0.5) is 5.69 Å². The molecule has 1 aromatic heterocycles. The number of pyridine rings is 1. The number of unbranched alkanes of at least 4 members (excludes halogenated alkanes) is 7. The zero-order chi connectivity index (χ0) is 17.6. The molecular formula is C16H24N2O4S2. The fraction of sp³-hybridized carbons (Fsp3) is 0.625. The van der Waals surface area contributed by atoms with Gasteiger partial charge in [-0.05, 0) is 23.6 Å². The molecule has 134 valence electrons. The minimum atomic E-state index is -0.703. The van der Waals surface area contributed by atoms with Crippen LogP contribution in [0, 0.1) is 10.1 Å². The Labute approximate surface area is 150 Å². The zero-order valence-electron chi connectivity index (χ0n) is 13.7. The molecule has 0 radical (unpaired) electrons. The summed E-state index contributed by atoms with van der Waals surface area (Å²) in [6.07, 6.45) is 10.6. The molecule has 0 amide bonds. The van der Waals surface area contributed by atoms with Crippen molar-refractivity contribution in [1.29, 1.82) is 0 Å². The Morgan fingerprint density at radius 2 is 1.75 bits per heavy atom. The average Bonchev–Trinajstić information content (AvgIpc) is 2.55. The van der Waals surface area contributed by atoms with Crippen LogP contribution in [0.15, 0.2) is 23.4 Å². The Morgan fingerprint density at radius 3 is 2.38 bits per heavy atom. The van der Waals surface area contributed by atoms with Gasteiger partial charge in [0, 0.05) is 30.5 Å². The highest BCUT2D eigenvalue weighted by molar-refractivity contribution is 8.76. The van der Waals surface area contributed by atoms with Crippen molar-refractivity contribution >= 4 is 33.2 Å². The van der Waals surface area contributed by atoms with Crippen LogP contribution < -0.4 is 0 Å². The van der Waals surface area contributed by atoms with Gasteiger partial charge in [-0.15, -0.1) is 0 Å². The number of carbonyl (C=O) groups is 1. The monoisotopic (exact) mass is 372 g/mol. The number of rotatable bonds is 14. The molecule has 1 heterocycles. The van der Waals surface area contributed by atoms with Crippen molar-refractivity contribution in [2.45, 2.75) is 62.8 Å². The lowest BCUT2D eigenvalue weighted by Crippen LogP contribution is -1.93. The highest BCUT2D eigenvalue weighted by Crippen LogP contribution is 2.31. The number of carboxylic acid groups (broad SMARTS) is 1. The highest BCUT2D eigenvalue weighted by Gasteiger charge is 2.07. The molecule has 1 aromatic rings. The minimum absolute atomic E-state index is 0.0801. The van der Waals surface area contributed by atoms with E-state index in [-0.39, 0.29) is 12.1 Å². The van der Waals surface area contributed by atoms with E-state index in [0.717, 1.165) is 31.4 Å². The first-order valence-electron chi connectivity index (χ1n) is 8.21. The van der Waals surface area contributed by atoms with E-state index in [2.05, 4.69) is 4.98 Å². The molecule has 0 saturated carbocycles. The normalized spacial score (nSPS) is 10.7. The van der Waals surface area contributed by atoms with Crippen molar-refractivity contribution in [3.63, 3.8) is 0 Å². The largest absolute Gasteiger partial charge is 0.481 e. The van der Waals surface area contributed by atoms with E-state index in [0.29, 0.717) is 5.03 Å². The molecule has 24 heavy (non-hydrogen) atoms. The number of carboxylic acids is 1. The van der Waals surface area contributed by atoms with E-state index >= 15 is 0 Å². The first-order chi connectivity index (χ1) is 11.6. The lowest BCUT2D eigenvalue weighted by molar-refractivity contribution is -0.385. The van der Waals surface area contributed by atoms with Crippen molar-refractivity contribution in [3.05, 3.63) is 28.4 Å². The number of hydrogen-bond donors (Lipinski definition) is 1. The van der Waals surface area contributed by atoms with Crippen LogP contribution in [-0.2, 0) is 4.79 Å². The van der Waals surface area contributed by atoms with E-state index < -0.39 is 10.9 Å². The molecule has 1 N–H and O–H groups in total. The van der Waals surface area contributed by atoms with Crippen LogP contribution in [0.1, 0.15) is 57.8 Å². The van der Waals surface area contributed by atoms with Crippen LogP contribution in [0.3, 0.4) is 0 Å². The van der Waals surface area contributed by atoms with Gasteiger partial charge in [0.15, 0.2) is 0 Å². The van der Waals surface area contributed by atoms with E-state index in [1.54, 1.807) is 10.8 Å². The number of nitro groups is 1. The number of aliphatic carboxylic acids is 1. The number of aromatic nitrogens is 1. The van der Waals surface area contributed by atoms with Crippen molar-refractivity contribution < 1.29 is 14.8 Å². The first kappa shape index (κ1) is 20.8. The third-order valence-electron chi connectivity index (χ3n) is 3.44. The Morgan fingerprint density at radius 1 is 1.12 bits per heavy atom. The van der Waals surface area contributed by atoms with Gasteiger partial charge in [0.05, 0.1) is 4.92 Å². The molecule has 8 heteroatoms. The summed E-state index contributed by atoms with van der Waals surface area (Å²) in [5, 5.41) is 19.9. The van der Waals surface area contributed by atoms with Crippen LogP contribution in [0.5, 0.6) is 0 Å². The van der Waals surface area contributed by atoms with E-state index in [4.69, 9.17) is 5.11 Å². The molecule has 1 rings (SSSR count). The average molecular weight is 373 g/mol. The summed E-state index contributed by atoms with van der Waals surface area (Å²) < 4.78 is 0. The predicted octanol–water partition coefficient (Wildman–Crippen LogP) is 5.33. The Hall–Kier alpha value is -1.28. The summed E-state index contributed by atoms with van der Waals surface area (Å²) in [5.74, 6) is 0.305. The van der Waals surface area contributed by atoms with Gasteiger partial charge in [-0.1, -0.05) is 49.3 Å². The lowest BCUT2D eigenvalue weighted by Gasteiger charge is -2.02. The molecule has 0 aliphatic carbocycles. The molecule has 0 atom stereocenters. The van der Waals surface area contributed by atoms with Gasteiger partial charge < -0.3 is 5.11 Å². The lowest BCUT2D eigenvalue weighted by atomic mass is 10.1. The smallest absolute Gasteiger partial charge is 0.303 e. The fourth-order valence-electron chi connectivity index (χ4n) is 2.16. The third-order valence-corrected chi connectivity index (χ3v) is 5.77. The third kappa shape index (κ3) is 10.5. The molecule has 0 aliphatic heterocycles. The SMILES string of the molecule is O=C(O)CCCCCCCCCCSSc1cc([N+](=O)[O-])ccn1. The summed E-state index contributed by atoms with van der Waals surface area (Å²) in [5.41, 5.74) is 0.0801. The summed E-state index contributed by atoms with van der Waals surface area (Å²) in [7, 11) is 3.17. The first-order valence-corrected chi connectivity index (χ1v) is 10.5. The second-order valence-corrected chi connectivity index (χ2v) is 7.92. The molecule has 0 unspecified atom stereocenters. The number of nitrogens with zero attached hydrogens (tertiary/aromatic N) is 2. The maximum Gasteiger partial charge on any atom is 0.303 e. The van der Waals surface area contributed by atoms with Gasteiger partial charge in [0.25, 0.3) is 5.69 Å². The van der Waals surface area contributed by atoms with Gasteiger partial charge in [0.2, 0.25) is 0 Å². The molecule has 0 spiro atoms. The maximum absolute atomic E-state index is 10.7. The quantitative estimate of drug-likeness (QED) is 0.204. The Balaban J connectivity index is 1.93. The van der Waals surface area contributed by atoms with Crippen molar-refractivity contribution in [1.82, 2.24) is 4.98 Å². The summed E-state index contributed by atoms with van der Waals surface area (Å²) in [4.78, 5) is 24.7. The molecule has 6 nitrogen and oxygen atoms in total. The van der Waals surface area contributed by atoms with Gasteiger partial charge >= 0.3 is 5.97 Å². The maximum atomic E-state index is 10.7. The van der Waals surface area contributed by atoms with Gasteiger partial charge in [-0.2, -0.15) is 0 Å². The molecular weight excluding hydrogens is 348 g/mol. The summed E-state index contributed by atoms with van der Waals surface area (Å²) in [6.45, 7) is 0. The molecule has 0 saturated heterocycles. The van der Waals surface area contributed by atoms with E-state index in [1.165, 1.54) is 54.8 Å². The highest BCUT2D eigenvalue weighted by atomic mass is 33.1. The van der Waals surface area contributed by atoms with Crippen molar-refractivity contribution in [2.24, 2.45) is 0 Å². The summed E-state index contributed by atoms with van der Waals surface area (Å²) in [6, 6.07) is 2.90. The van der Waals surface area contributed by atoms with Crippen molar-refractivity contribution in [2.75, 3.05) is 5.75 Å². The van der Waals surface area contributed by atoms with Crippen LogP contribution >= 0.6 is 21.6 Å². The topological polar surface area (TPSA) is 93.3 Å². The molecule has 0 aliphatic rings. The second kappa shape index (κ2) is 13.1. The fourth-order valence-corrected chi connectivity index (χ4v) is 4.20. The van der Waals surface area contributed by atoms with Gasteiger partial charge in [-0.3, -0.25) is 14.9 Å². The predicted molar refractivity (Wildman–Crippen MR) is 98.4 cm³/mol. The second-order valence-electron chi connectivity index (χ2n) is 5.49.